The Labute approximate surface area is 228 Å². The molecule has 4 saturated carbocycles. The number of ether oxygens (including phenoxy) is 2. The number of carbonyl (C=O) groups excluding carboxylic acids is 3. The Kier molecular flexibility index (Phi) is 6.34. The Bertz CT molecular complexity index is 1080. The van der Waals surface area contributed by atoms with Crippen molar-refractivity contribution in [3.63, 3.8) is 0 Å². The van der Waals surface area contributed by atoms with E-state index in [0.29, 0.717) is 30.3 Å². The molecule has 4 fully saturated rings. The molecule has 10 atom stereocenters. The van der Waals surface area contributed by atoms with Gasteiger partial charge < -0.3 is 14.6 Å². The molecule has 0 amide bonds. The number of ketones is 1. The second-order valence-corrected chi connectivity index (χ2v) is 14.9. The van der Waals surface area contributed by atoms with E-state index in [9.17, 15) is 19.5 Å². The molecule has 38 heavy (non-hydrogen) atoms. The summed E-state index contributed by atoms with van der Waals surface area (Å²) in [5.74, 6) is 0.572. The maximum Gasteiger partial charge on any atom is 0.334 e. The van der Waals surface area contributed by atoms with E-state index in [-0.39, 0.29) is 52.1 Å². The highest BCUT2D eigenvalue weighted by Gasteiger charge is 2.76. The van der Waals surface area contributed by atoms with Gasteiger partial charge in [0, 0.05) is 23.3 Å². The van der Waals surface area contributed by atoms with Crippen LogP contribution in [0.2, 0.25) is 0 Å². The number of rotatable bonds is 4. The van der Waals surface area contributed by atoms with Gasteiger partial charge in [0.05, 0.1) is 11.5 Å². The third-order valence-corrected chi connectivity index (χ3v) is 13.1. The molecular formula is C32H48O6. The third kappa shape index (κ3) is 3.43. The number of Topliss-reactive ketones (excluding diaryl/α,β-unsaturated/α-hetero) is 1. The van der Waals surface area contributed by atoms with Gasteiger partial charge in [-0.1, -0.05) is 41.5 Å². The number of aliphatic hydroxyl groups is 1. The van der Waals surface area contributed by atoms with Crippen molar-refractivity contribution in [2.75, 3.05) is 0 Å². The van der Waals surface area contributed by atoms with Gasteiger partial charge >= 0.3 is 11.9 Å². The van der Waals surface area contributed by atoms with Gasteiger partial charge in [0.1, 0.15) is 18.0 Å². The van der Waals surface area contributed by atoms with Crippen LogP contribution < -0.4 is 0 Å². The first-order chi connectivity index (χ1) is 17.5. The first-order valence-corrected chi connectivity index (χ1v) is 14.8. The summed E-state index contributed by atoms with van der Waals surface area (Å²) in [6.07, 6.45) is 7.21. The third-order valence-electron chi connectivity index (χ3n) is 13.1. The van der Waals surface area contributed by atoms with E-state index < -0.39 is 16.9 Å². The predicted molar refractivity (Wildman–Crippen MR) is 144 cm³/mol. The van der Waals surface area contributed by atoms with Gasteiger partial charge in [-0.25, -0.2) is 4.79 Å². The van der Waals surface area contributed by atoms with Crippen molar-refractivity contribution >= 4 is 17.7 Å². The molecule has 0 radical (unpaired) electrons. The van der Waals surface area contributed by atoms with Crippen LogP contribution in [0.1, 0.15) is 107 Å². The maximum atomic E-state index is 15.0. The van der Waals surface area contributed by atoms with Crippen molar-refractivity contribution in [2.24, 2.45) is 44.8 Å². The van der Waals surface area contributed by atoms with Gasteiger partial charge in [0.2, 0.25) is 0 Å². The molecule has 5 rings (SSSR count). The van der Waals surface area contributed by atoms with Crippen molar-refractivity contribution in [2.45, 2.75) is 125 Å². The SMILES string of the molecule is CC(=O)O[C@@H]1CC[C@@]2(C)[C@@H](C[C@H](O)[C@@]23CC[C@]2(C)C([C@H](C)C[C@@H]4C=C(C)C(=O)O4)CC[C@@]2(C)C3=O)C1(C)C. The normalized spacial score (nSPS) is 48.3. The van der Waals surface area contributed by atoms with Crippen LogP contribution in [0.15, 0.2) is 11.6 Å². The minimum absolute atomic E-state index is 0.100. The quantitative estimate of drug-likeness (QED) is 0.464. The highest BCUT2D eigenvalue weighted by molar-refractivity contribution is 5.94. The van der Waals surface area contributed by atoms with Crippen molar-refractivity contribution in [1.29, 1.82) is 0 Å². The summed E-state index contributed by atoms with van der Waals surface area (Å²) in [6.45, 7) is 16.6. The summed E-state index contributed by atoms with van der Waals surface area (Å²) in [5, 5.41) is 11.8. The second-order valence-electron chi connectivity index (χ2n) is 14.9. The van der Waals surface area contributed by atoms with E-state index >= 15 is 0 Å². The van der Waals surface area contributed by atoms with E-state index in [0.717, 1.165) is 38.5 Å². The number of esters is 2. The lowest BCUT2D eigenvalue weighted by molar-refractivity contribution is -0.192. The summed E-state index contributed by atoms with van der Waals surface area (Å²) >= 11 is 0. The number of fused-ring (bicyclic) bond motifs is 3. The molecule has 1 heterocycles. The van der Waals surface area contributed by atoms with Gasteiger partial charge in [-0.2, -0.15) is 0 Å². The average Bonchev–Trinajstić information content (AvgIpc) is 3.37. The molecule has 1 aliphatic heterocycles. The molecule has 0 aromatic heterocycles. The standard InChI is InChI=1S/C32H48O6/c1-18(15-21-16-19(2)26(35)38-21)22-9-11-31(8)27(36)32(14-13-29(22,31)6)24(34)17-23-28(4,5)25(37-20(3)33)10-12-30(23,32)7/h16,18,21-25,34H,9-15,17H2,1-8H3/t18-,21-,22?,23+,24+,25-,29-,30+,31+,32-/m1/s1. The van der Waals surface area contributed by atoms with Gasteiger partial charge in [-0.15, -0.1) is 0 Å². The average molecular weight is 529 g/mol. The Balaban J connectivity index is 1.44. The molecule has 0 aromatic rings. The first-order valence-electron chi connectivity index (χ1n) is 14.8. The maximum absolute atomic E-state index is 15.0. The van der Waals surface area contributed by atoms with Crippen LogP contribution in [0.3, 0.4) is 0 Å². The van der Waals surface area contributed by atoms with E-state index in [1.165, 1.54) is 6.92 Å². The lowest BCUT2D eigenvalue weighted by Gasteiger charge is -2.62. The van der Waals surface area contributed by atoms with Crippen LogP contribution in [-0.2, 0) is 23.9 Å². The highest BCUT2D eigenvalue weighted by Crippen LogP contribution is 2.76. The summed E-state index contributed by atoms with van der Waals surface area (Å²) in [4.78, 5) is 38.8. The Morgan fingerprint density at radius 2 is 1.76 bits per heavy atom. The number of hydrogen-bond acceptors (Lipinski definition) is 6. The van der Waals surface area contributed by atoms with Crippen molar-refractivity contribution in [1.82, 2.24) is 0 Å². The van der Waals surface area contributed by atoms with Crippen LogP contribution in [0.25, 0.3) is 0 Å². The van der Waals surface area contributed by atoms with E-state index in [2.05, 4.69) is 41.5 Å². The fraction of sp³-hybridized carbons (Fsp3) is 0.844. The Morgan fingerprint density at radius 3 is 2.37 bits per heavy atom. The number of aliphatic hydroxyl groups excluding tert-OH is 1. The fourth-order valence-electron chi connectivity index (χ4n) is 10.7. The minimum Gasteiger partial charge on any atom is -0.462 e. The lowest BCUT2D eigenvalue weighted by Crippen LogP contribution is -2.64. The topological polar surface area (TPSA) is 89.9 Å². The van der Waals surface area contributed by atoms with Crippen LogP contribution >= 0.6 is 0 Å². The number of carbonyl (C=O) groups is 3. The van der Waals surface area contributed by atoms with Gasteiger partial charge in [-0.3, -0.25) is 9.59 Å². The molecule has 1 spiro atoms. The van der Waals surface area contributed by atoms with Gasteiger partial charge in [0.25, 0.3) is 0 Å². The van der Waals surface area contributed by atoms with Crippen molar-refractivity contribution in [3.8, 4) is 0 Å². The molecule has 6 heteroatoms. The molecule has 6 nitrogen and oxygen atoms in total. The van der Waals surface area contributed by atoms with Gasteiger partial charge in [-0.05, 0) is 93.0 Å². The Hall–Kier alpha value is -1.69. The molecule has 4 aliphatic carbocycles. The molecular weight excluding hydrogens is 480 g/mol. The molecule has 212 valence electrons. The van der Waals surface area contributed by atoms with Crippen LogP contribution in [0, 0.1) is 44.8 Å². The van der Waals surface area contributed by atoms with E-state index in [1.54, 1.807) is 0 Å². The molecule has 1 N–H and O–H groups in total. The predicted octanol–water partition coefficient (Wildman–Crippen LogP) is 5.80. The largest absolute Gasteiger partial charge is 0.462 e. The molecule has 0 bridgehead atoms. The van der Waals surface area contributed by atoms with Gasteiger partial charge in [0.15, 0.2) is 0 Å². The van der Waals surface area contributed by atoms with E-state index in [1.807, 2.05) is 13.0 Å². The number of cyclic esters (lactones) is 1. The van der Waals surface area contributed by atoms with Crippen LogP contribution in [0.5, 0.6) is 0 Å². The zero-order chi connectivity index (χ0) is 28.1. The summed E-state index contributed by atoms with van der Waals surface area (Å²) in [5.41, 5.74) is -1.39. The molecule has 0 saturated heterocycles. The monoisotopic (exact) mass is 528 g/mol. The highest BCUT2D eigenvalue weighted by atomic mass is 16.5. The summed E-state index contributed by atoms with van der Waals surface area (Å²) < 4.78 is 11.3. The second kappa shape index (κ2) is 8.65. The molecule has 0 aromatic carbocycles. The van der Waals surface area contributed by atoms with Crippen LogP contribution in [-0.4, -0.2) is 41.1 Å². The van der Waals surface area contributed by atoms with E-state index in [4.69, 9.17) is 9.47 Å². The first kappa shape index (κ1) is 27.9. The molecule has 5 aliphatic rings. The lowest BCUT2D eigenvalue weighted by atomic mass is 9.41. The smallest absolute Gasteiger partial charge is 0.334 e. The summed E-state index contributed by atoms with van der Waals surface area (Å²) in [6, 6.07) is 0. The zero-order valence-corrected chi connectivity index (χ0v) is 24.7. The summed E-state index contributed by atoms with van der Waals surface area (Å²) in [7, 11) is 0. The van der Waals surface area contributed by atoms with Crippen molar-refractivity contribution in [3.05, 3.63) is 11.6 Å². The fourth-order valence-corrected chi connectivity index (χ4v) is 10.7. The van der Waals surface area contributed by atoms with Crippen molar-refractivity contribution < 1.29 is 29.0 Å². The minimum atomic E-state index is -0.761. The van der Waals surface area contributed by atoms with Crippen LogP contribution in [0.4, 0.5) is 0 Å². The Morgan fingerprint density at radius 1 is 1.08 bits per heavy atom. The molecule has 1 unspecified atom stereocenters. The zero-order valence-electron chi connectivity index (χ0n) is 24.7. The number of hydrogen-bond donors (Lipinski definition) is 1.